The first-order chi connectivity index (χ1) is 22.6. The molecule has 3 N–H and O–H groups in total. The number of ether oxygens (including phenoxy) is 4. The minimum atomic E-state index is -0.566. The molecule has 244 valence electrons. The molecular weight excluding hydrogens is 642 g/mol. The van der Waals surface area contributed by atoms with Crippen LogP contribution < -0.4 is 34.9 Å². The van der Waals surface area contributed by atoms with Crippen LogP contribution in [0.3, 0.4) is 0 Å². The molecule has 0 fully saturated rings. The smallest absolute Gasteiger partial charge is 0.272 e. The highest BCUT2D eigenvalue weighted by Crippen LogP contribution is 2.36. The van der Waals surface area contributed by atoms with E-state index in [4.69, 9.17) is 30.5 Å². The number of halogens is 1. The molecule has 0 saturated heterocycles. The van der Waals surface area contributed by atoms with Crippen LogP contribution in [0.2, 0.25) is 5.02 Å². The molecule has 12 heteroatoms. The number of carbonyl (C=O) groups excluding carboxylic acids is 3. The topological polar surface area (TPSA) is 124 Å². The Morgan fingerprint density at radius 2 is 1.49 bits per heavy atom. The lowest BCUT2D eigenvalue weighted by atomic mass is 10.1. The number of methoxy groups -OCH3 is 4. The van der Waals surface area contributed by atoms with Crippen LogP contribution in [0, 0.1) is 0 Å². The van der Waals surface area contributed by atoms with Crippen molar-refractivity contribution in [1.82, 2.24) is 5.32 Å². The van der Waals surface area contributed by atoms with E-state index in [2.05, 4.69) is 16.0 Å². The normalized spacial score (nSPS) is 11.6. The third-order valence-corrected chi connectivity index (χ3v) is 8.16. The molecule has 1 atom stereocenters. The Bertz CT molecular complexity index is 1780. The lowest BCUT2D eigenvalue weighted by Gasteiger charge is -2.16. The zero-order valence-electron chi connectivity index (χ0n) is 26.4. The molecule has 0 saturated carbocycles. The number of thioether (sulfide) groups is 1. The Morgan fingerprint density at radius 1 is 0.766 bits per heavy atom. The first-order valence-electron chi connectivity index (χ1n) is 14.3. The van der Waals surface area contributed by atoms with E-state index in [9.17, 15) is 14.4 Å². The van der Waals surface area contributed by atoms with Gasteiger partial charge in [-0.2, -0.15) is 0 Å². The fourth-order valence-electron chi connectivity index (χ4n) is 4.33. The van der Waals surface area contributed by atoms with Crippen molar-refractivity contribution < 1.29 is 33.3 Å². The van der Waals surface area contributed by atoms with Crippen molar-refractivity contribution in [2.75, 3.05) is 39.1 Å². The standard InChI is InChI=1S/C35H34ClN3O7S/c1-21(33(40)38-28-19-27(36)31(45-4)20-32(28)46-5)47-26-13-9-12-24(17-26)37-35(42)29(39-34(41)22-10-7-6-8-11-22)16-23-14-15-25(43-2)18-30(23)44-3/h6-21H,1-5H3,(H,37,42)(H,38,40)(H,39,41)/b29-16+. The van der Waals surface area contributed by atoms with Crippen molar-refractivity contribution in [2.24, 2.45) is 0 Å². The van der Waals surface area contributed by atoms with Gasteiger partial charge in [-0.1, -0.05) is 35.9 Å². The van der Waals surface area contributed by atoms with Gasteiger partial charge in [-0.25, -0.2) is 0 Å². The third kappa shape index (κ3) is 9.21. The fraction of sp³-hybridized carbons (Fsp3) is 0.171. The van der Waals surface area contributed by atoms with E-state index in [1.807, 2.05) is 6.07 Å². The van der Waals surface area contributed by atoms with Crippen LogP contribution in [-0.4, -0.2) is 51.4 Å². The second kappa shape index (κ2) is 16.4. The average Bonchev–Trinajstić information content (AvgIpc) is 3.08. The van der Waals surface area contributed by atoms with E-state index >= 15 is 0 Å². The number of hydrogen-bond acceptors (Lipinski definition) is 8. The SMILES string of the molecule is COc1ccc(/C=C(/NC(=O)c2ccccc2)C(=O)Nc2cccc(SC(C)C(=O)Nc3cc(Cl)c(OC)cc3OC)c2)c(OC)c1. The van der Waals surface area contributed by atoms with E-state index in [0.717, 1.165) is 4.90 Å². The van der Waals surface area contributed by atoms with Gasteiger partial charge in [0.05, 0.1) is 44.4 Å². The van der Waals surface area contributed by atoms with Gasteiger partial charge in [0.15, 0.2) is 0 Å². The van der Waals surface area contributed by atoms with Crippen molar-refractivity contribution in [3.05, 3.63) is 107 Å². The molecule has 10 nitrogen and oxygen atoms in total. The summed E-state index contributed by atoms with van der Waals surface area (Å²) in [4.78, 5) is 40.5. The summed E-state index contributed by atoms with van der Waals surface area (Å²) in [6.07, 6.45) is 1.53. The zero-order valence-corrected chi connectivity index (χ0v) is 28.0. The summed E-state index contributed by atoms with van der Waals surface area (Å²) in [7, 11) is 6.01. The van der Waals surface area contributed by atoms with Gasteiger partial charge in [-0.05, 0) is 61.5 Å². The molecule has 0 aliphatic heterocycles. The number of rotatable bonds is 13. The average molecular weight is 676 g/mol. The van der Waals surface area contributed by atoms with Crippen LogP contribution in [0.1, 0.15) is 22.8 Å². The van der Waals surface area contributed by atoms with Gasteiger partial charge in [0.1, 0.15) is 28.7 Å². The van der Waals surface area contributed by atoms with Crippen LogP contribution in [-0.2, 0) is 9.59 Å². The molecule has 4 aromatic carbocycles. The van der Waals surface area contributed by atoms with E-state index in [1.165, 1.54) is 46.3 Å². The van der Waals surface area contributed by atoms with Crippen molar-refractivity contribution >= 4 is 58.5 Å². The van der Waals surface area contributed by atoms with Gasteiger partial charge < -0.3 is 34.9 Å². The lowest BCUT2D eigenvalue weighted by molar-refractivity contribution is -0.115. The molecular formula is C35H34ClN3O7S. The number of anilines is 2. The number of carbonyl (C=O) groups is 3. The zero-order chi connectivity index (χ0) is 33.9. The first-order valence-corrected chi connectivity index (χ1v) is 15.5. The maximum absolute atomic E-state index is 13.6. The molecule has 0 spiro atoms. The van der Waals surface area contributed by atoms with Gasteiger partial charge in [-0.15, -0.1) is 11.8 Å². The van der Waals surface area contributed by atoms with E-state index < -0.39 is 17.1 Å². The van der Waals surface area contributed by atoms with E-state index in [0.29, 0.717) is 50.5 Å². The monoisotopic (exact) mass is 675 g/mol. The number of nitrogens with one attached hydrogen (secondary N) is 3. The molecule has 0 aliphatic rings. The summed E-state index contributed by atoms with van der Waals surface area (Å²) < 4.78 is 21.4. The van der Waals surface area contributed by atoms with E-state index in [-0.39, 0.29) is 11.6 Å². The molecule has 47 heavy (non-hydrogen) atoms. The largest absolute Gasteiger partial charge is 0.497 e. The third-order valence-electron chi connectivity index (χ3n) is 6.78. The van der Waals surface area contributed by atoms with Crippen LogP contribution in [0.25, 0.3) is 6.08 Å². The molecule has 4 aromatic rings. The number of hydrogen-bond donors (Lipinski definition) is 3. The summed E-state index contributed by atoms with van der Waals surface area (Å²) >= 11 is 7.54. The predicted octanol–water partition coefficient (Wildman–Crippen LogP) is 6.90. The molecule has 0 aromatic heterocycles. The summed E-state index contributed by atoms with van der Waals surface area (Å²) in [5.41, 5.74) is 1.78. The molecule has 3 amide bonds. The second-order valence-electron chi connectivity index (χ2n) is 9.90. The number of amides is 3. The molecule has 4 rings (SSSR count). The van der Waals surface area contributed by atoms with Crippen molar-refractivity contribution in [1.29, 1.82) is 0 Å². The molecule has 1 unspecified atom stereocenters. The molecule has 0 aliphatic carbocycles. The number of benzene rings is 4. The Hall–Kier alpha value is -5.13. The summed E-state index contributed by atoms with van der Waals surface area (Å²) in [5, 5.41) is 8.21. The highest BCUT2D eigenvalue weighted by atomic mass is 35.5. The maximum atomic E-state index is 13.6. The maximum Gasteiger partial charge on any atom is 0.272 e. The lowest BCUT2D eigenvalue weighted by Crippen LogP contribution is -2.30. The summed E-state index contributed by atoms with van der Waals surface area (Å²) in [6, 6.07) is 23.9. The van der Waals surface area contributed by atoms with Crippen LogP contribution >= 0.6 is 23.4 Å². The summed E-state index contributed by atoms with van der Waals surface area (Å²) in [5.74, 6) is 0.528. The minimum Gasteiger partial charge on any atom is -0.497 e. The second-order valence-corrected chi connectivity index (χ2v) is 11.7. The van der Waals surface area contributed by atoms with Crippen LogP contribution in [0.4, 0.5) is 11.4 Å². The van der Waals surface area contributed by atoms with Gasteiger partial charge in [0.2, 0.25) is 5.91 Å². The van der Waals surface area contributed by atoms with Crippen molar-refractivity contribution in [3.8, 4) is 23.0 Å². The Balaban J connectivity index is 1.53. The molecule has 0 heterocycles. The Kier molecular flexibility index (Phi) is 12.1. The van der Waals surface area contributed by atoms with Crippen molar-refractivity contribution in [2.45, 2.75) is 17.1 Å². The quantitative estimate of drug-likeness (QED) is 0.103. The predicted molar refractivity (Wildman–Crippen MR) is 185 cm³/mol. The van der Waals surface area contributed by atoms with Gasteiger partial charge in [-0.3, -0.25) is 14.4 Å². The fourth-order valence-corrected chi connectivity index (χ4v) is 5.50. The minimum absolute atomic E-state index is 0.0137. The Morgan fingerprint density at radius 3 is 2.17 bits per heavy atom. The van der Waals surface area contributed by atoms with Crippen LogP contribution in [0.5, 0.6) is 23.0 Å². The van der Waals surface area contributed by atoms with Crippen LogP contribution in [0.15, 0.2) is 95.5 Å². The molecule has 0 radical (unpaired) electrons. The first kappa shape index (κ1) is 34.7. The van der Waals surface area contributed by atoms with Crippen molar-refractivity contribution in [3.63, 3.8) is 0 Å². The highest BCUT2D eigenvalue weighted by Gasteiger charge is 2.20. The Labute approximate surface area is 282 Å². The highest BCUT2D eigenvalue weighted by molar-refractivity contribution is 8.00. The van der Waals surface area contributed by atoms with Gasteiger partial charge >= 0.3 is 0 Å². The van der Waals surface area contributed by atoms with E-state index in [1.54, 1.807) is 85.8 Å². The van der Waals surface area contributed by atoms with Gasteiger partial charge in [0.25, 0.3) is 11.8 Å². The molecule has 0 bridgehead atoms. The van der Waals surface area contributed by atoms with Gasteiger partial charge in [0, 0.05) is 33.8 Å². The summed E-state index contributed by atoms with van der Waals surface area (Å²) in [6.45, 7) is 1.76.